The van der Waals surface area contributed by atoms with Gasteiger partial charge in [0.05, 0.1) is 29.2 Å². The van der Waals surface area contributed by atoms with E-state index >= 15 is 0 Å². The minimum atomic E-state index is -0.514. The van der Waals surface area contributed by atoms with Gasteiger partial charge in [-0.1, -0.05) is 30.3 Å². The van der Waals surface area contributed by atoms with Gasteiger partial charge in [-0.25, -0.2) is 9.78 Å². The van der Waals surface area contributed by atoms with Crippen LogP contribution < -0.4 is 4.90 Å². The average Bonchev–Trinajstić information content (AvgIpc) is 3.11. The van der Waals surface area contributed by atoms with E-state index < -0.39 is 5.60 Å². The lowest BCUT2D eigenvalue weighted by Gasteiger charge is -2.40. The van der Waals surface area contributed by atoms with Crippen LogP contribution in [0.5, 0.6) is 0 Å². The Morgan fingerprint density at radius 2 is 1.88 bits per heavy atom. The van der Waals surface area contributed by atoms with E-state index in [1.54, 1.807) is 4.90 Å². The van der Waals surface area contributed by atoms with Crippen molar-refractivity contribution in [2.75, 3.05) is 24.5 Å². The Morgan fingerprint density at radius 1 is 1.16 bits per heavy atom. The van der Waals surface area contributed by atoms with Crippen molar-refractivity contribution in [3.05, 3.63) is 59.7 Å². The molecule has 0 unspecified atom stereocenters. The summed E-state index contributed by atoms with van der Waals surface area (Å²) in [5, 5.41) is 9.55. The number of nitrogens with zero attached hydrogens (tertiary/aromatic N) is 5. The number of amides is 1. The Kier molecular flexibility index (Phi) is 5.79. The number of carbonyl (C=O) groups is 1. The van der Waals surface area contributed by atoms with Crippen LogP contribution in [0, 0.1) is 11.3 Å². The third kappa shape index (κ3) is 4.40. The molecule has 166 valence electrons. The smallest absolute Gasteiger partial charge is 0.410 e. The van der Waals surface area contributed by atoms with E-state index in [2.05, 4.69) is 28.5 Å². The number of aromatic nitrogens is 2. The molecule has 1 saturated heterocycles. The molecule has 0 radical (unpaired) electrons. The highest BCUT2D eigenvalue weighted by Crippen LogP contribution is 2.28. The van der Waals surface area contributed by atoms with Gasteiger partial charge in [0.1, 0.15) is 5.60 Å². The Balaban J connectivity index is 1.64. The number of ether oxygens (including phenoxy) is 1. The summed E-state index contributed by atoms with van der Waals surface area (Å²) < 4.78 is 7.73. The third-order valence-corrected chi connectivity index (χ3v) is 5.64. The van der Waals surface area contributed by atoms with Crippen molar-refractivity contribution in [2.45, 2.75) is 45.9 Å². The van der Waals surface area contributed by atoms with Crippen LogP contribution in [-0.4, -0.2) is 51.8 Å². The quantitative estimate of drug-likeness (QED) is 0.614. The lowest BCUT2D eigenvalue weighted by Crippen LogP contribution is -2.55. The summed E-state index contributed by atoms with van der Waals surface area (Å²) >= 11 is 0. The molecule has 1 fully saturated rings. The second kappa shape index (κ2) is 8.54. The third-order valence-electron chi connectivity index (χ3n) is 5.64. The van der Waals surface area contributed by atoms with Crippen molar-refractivity contribution in [1.82, 2.24) is 14.5 Å². The van der Waals surface area contributed by atoms with Gasteiger partial charge in [0.15, 0.2) is 0 Å². The molecule has 1 amide bonds. The molecular formula is C25H29N5O2. The maximum absolute atomic E-state index is 12.6. The fourth-order valence-electron chi connectivity index (χ4n) is 4.12. The number of hydrogen-bond donors (Lipinski definition) is 0. The molecule has 1 atom stereocenters. The standard InChI is InChI=1S/C25H29N5O2/c1-18-16-28(24(31)32-25(2,3)4)13-14-29(18)23-27-21-11-7-8-12-22(21)30(23)17-20-10-6-5-9-19(20)15-26/h5-12,18H,13-14,16-17H2,1-4H3/t18-/m1/s1. The summed E-state index contributed by atoms with van der Waals surface area (Å²) in [6, 6.07) is 18.1. The number of rotatable bonds is 3. The first-order valence-electron chi connectivity index (χ1n) is 10.9. The second-order valence-electron chi connectivity index (χ2n) is 9.22. The number of fused-ring (bicyclic) bond motifs is 1. The van der Waals surface area contributed by atoms with Gasteiger partial charge < -0.3 is 19.1 Å². The highest BCUT2D eigenvalue weighted by molar-refractivity contribution is 5.79. The minimum Gasteiger partial charge on any atom is -0.444 e. The normalized spacial score (nSPS) is 16.8. The van der Waals surface area contributed by atoms with E-state index in [0.29, 0.717) is 31.7 Å². The topological polar surface area (TPSA) is 74.4 Å². The molecule has 2 heterocycles. The maximum atomic E-state index is 12.6. The number of nitriles is 1. The first kappa shape index (κ1) is 21.7. The molecule has 7 nitrogen and oxygen atoms in total. The number of hydrogen-bond acceptors (Lipinski definition) is 5. The van der Waals surface area contributed by atoms with Crippen LogP contribution >= 0.6 is 0 Å². The Labute approximate surface area is 188 Å². The highest BCUT2D eigenvalue weighted by atomic mass is 16.6. The molecule has 1 aliphatic heterocycles. The van der Waals surface area contributed by atoms with Gasteiger partial charge in [-0.3, -0.25) is 0 Å². The van der Waals surface area contributed by atoms with Crippen LogP contribution in [-0.2, 0) is 11.3 Å². The fraction of sp³-hybridized carbons (Fsp3) is 0.400. The first-order chi connectivity index (χ1) is 15.3. The summed E-state index contributed by atoms with van der Waals surface area (Å²) in [7, 11) is 0. The van der Waals surface area contributed by atoms with E-state index in [1.165, 1.54) is 0 Å². The van der Waals surface area contributed by atoms with Crippen molar-refractivity contribution >= 4 is 23.1 Å². The minimum absolute atomic E-state index is 0.0676. The molecular weight excluding hydrogens is 402 g/mol. The van der Waals surface area contributed by atoms with E-state index in [0.717, 1.165) is 22.5 Å². The summed E-state index contributed by atoms with van der Waals surface area (Å²) in [6.07, 6.45) is -0.277. The Bertz CT molecular complexity index is 1170. The molecule has 3 aromatic rings. The fourth-order valence-corrected chi connectivity index (χ4v) is 4.12. The van der Waals surface area contributed by atoms with Gasteiger partial charge >= 0.3 is 6.09 Å². The van der Waals surface area contributed by atoms with Gasteiger partial charge in [-0.15, -0.1) is 0 Å². The Morgan fingerprint density at radius 3 is 2.59 bits per heavy atom. The molecule has 1 aliphatic rings. The van der Waals surface area contributed by atoms with E-state index in [-0.39, 0.29) is 12.1 Å². The number of imidazole rings is 1. The number of anilines is 1. The molecule has 0 saturated carbocycles. The van der Waals surface area contributed by atoms with Crippen molar-refractivity contribution in [2.24, 2.45) is 0 Å². The predicted octanol–water partition coefficient (Wildman–Crippen LogP) is 4.40. The molecule has 0 bridgehead atoms. The monoisotopic (exact) mass is 431 g/mol. The first-order valence-corrected chi connectivity index (χ1v) is 10.9. The van der Waals surface area contributed by atoms with Crippen LogP contribution in [0.1, 0.15) is 38.8 Å². The number of carbonyl (C=O) groups excluding carboxylic acids is 1. The summed E-state index contributed by atoms with van der Waals surface area (Å²) in [6.45, 7) is 10.1. The molecule has 4 rings (SSSR count). The van der Waals surface area contributed by atoms with Crippen molar-refractivity contribution < 1.29 is 9.53 Å². The largest absolute Gasteiger partial charge is 0.444 e. The van der Waals surface area contributed by atoms with Crippen LogP contribution in [0.4, 0.5) is 10.7 Å². The van der Waals surface area contributed by atoms with E-state index in [4.69, 9.17) is 9.72 Å². The van der Waals surface area contributed by atoms with Crippen LogP contribution in [0.2, 0.25) is 0 Å². The number of piperazine rings is 1. The molecule has 32 heavy (non-hydrogen) atoms. The molecule has 0 aliphatic carbocycles. The molecule has 1 aromatic heterocycles. The Hall–Kier alpha value is -3.53. The van der Waals surface area contributed by atoms with Gasteiger partial charge in [0.2, 0.25) is 5.95 Å². The predicted molar refractivity (Wildman–Crippen MR) is 125 cm³/mol. The van der Waals surface area contributed by atoms with Gasteiger partial charge in [-0.05, 0) is 51.5 Å². The highest BCUT2D eigenvalue weighted by Gasteiger charge is 2.32. The number of para-hydroxylation sites is 2. The van der Waals surface area contributed by atoms with Crippen molar-refractivity contribution in [3.63, 3.8) is 0 Å². The molecule has 0 spiro atoms. The van der Waals surface area contributed by atoms with E-state index in [1.807, 2.05) is 63.2 Å². The number of benzene rings is 2. The summed E-state index contributed by atoms with van der Waals surface area (Å²) in [5.74, 6) is 0.857. The van der Waals surface area contributed by atoms with Crippen LogP contribution in [0.3, 0.4) is 0 Å². The van der Waals surface area contributed by atoms with E-state index in [9.17, 15) is 10.1 Å². The lowest BCUT2D eigenvalue weighted by molar-refractivity contribution is 0.0218. The van der Waals surface area contributed by atoms with Gasteiger partial charge in [0, 0.05) is 25.7 Å². The second-order valence-corrected chi connectivity index (χ2v) is 9.22. The maximum Gasteiger partial charge on any atom is 0.410 e. The average molecular weight is 432 g/mol. The zero-order valence-electron chi connectivity index (χ0n) is 19.1. The van der Waals surface area contributed by atoms with Gasteiger partial charge in [-0.2, -0.15) is 5.26 Å². The molecule has 7 heteroatoms. The van der Waals surface area contributed by atoms with Crippen LogP contribution in [0.25, 0.3) is 11.0 Å². The zero-order valence-corrected chi connectivity index (χ0v) is 19.1. The summed E-state index contributed by atoms with van der Waals surface area (Å²) in [5.41, 5.74) is 3.05. The lowest BCUT2D eigenvalue weighted by atomic mass is 10.1. The van der Waals surface area contributed by atoms with Crippen molar-refractivity contribution in [3.8, 4) is 6.07 Å². The molecule has 0 N–H and O–H groups in total. The summed E-state index contributed by atoms with van der Waals surface area (Å²) in [4.78, 5) is 21.5. The van der Waals surface area contributed by atoms with Gasteiger partial charge in [0.25, 0.3) is 0 Å². The zero-order chi connectivity index (χ0) is 22.9. The molecule has 2 aromatic carbocycles. The SMILES string of the molecule is C[C@@H]1CN(C(=O)OC(C)(C)C)CCN1c1nc2ccccc2n1Cc1ccccc1C#N. The van der Waals surface area contributed by atoms with Crippen molar-refractivity contribution in [1.29, 1.82) is 5.26 Å². The van der Waals surface area contributed by atoms with Crippen LogP contribution in [0.15, 0.2) is 48.5 Å².